The van der Waals surface area contributed by atoms with Gasteiger partial charge >= 0.3 is 0 Å². The van der Waals surface area contributed by atoms with E-state index in [2.05, 4.69) is 5.32 Å². The van der Waals surface area contributed by atoms with Crippen LogP contribution in [0.3, 0.4) is 0 Å². The molecule has 0 aliphatic carbocycles. The molecular weight excluding hydrogens is 210 g/mol. The number of carbonyl (C=O) groups is 1. The lowest BCUT2D eigenvalue weighted by Crippen LogP contribution is -2.11. The molecule has 0 amide bonds. The zero-order chi connectivity index (χ0) is 10.4. The smallest absolute Gasteiger partial charge is 0.248 e. The molecule has 3 rings (SSSR count). The van der Waals surface area contributed by atoms with Crippen LogP contribution >= 0.6 is 11.6 Å². The van der Waals surface area contributed by atoms with Gasteiger partial charge in [0.15, 0.2) is 0 Å². The van der Waals surface area contributed by atoms with Crippen LogP contribution in [0.25, 0.3) is 10.8 Å². The van der Waals surface area contributed by atoms with Gasteiger partial charge in [0.1, 0.15) is 6.04 Å². The fraction of sp³-hybridized carbons (Fsp3) is 0.0833. The quantitative estimate of drug-likeness (QED) is 0.744. The van der Waals surface area contributed by atoms with Crippen LogP contribution in [0.4, 0.5) is 5.69 Å². The van der Waals surface area contributed by atoms with Gasteiger partial charge in [-0.1, -0.05) is 30.3 Å². The van der Waals surface area contributed by atoms with E-state index < -0.39 is 6.04 Å². The summed E-state index contributed by atoms with van der Waals surface area (Å²) in [5.41, 5.74) is 1.96. The second kappa shape index (κ2) is 2.97. The van der Waals surface area contributed by atoms with Crippen LogP contribution in [0.15, 0.2) is 36.4 Å². The summed E-state index contributed by atoms with van der Waals surface area (Å²) in [6.45, 7) is 0. The lowest BCUT2D eigenvalue weighted by atomic mass is 10.0. The van der Waals surface area contributed by atoms with Gasteiger partial charge < -0.3 is 5.32 Å². The number of hydrogen-bond donors (Lipinski definition) is 1. The first kappa shape index (κ1) is 8.74. The third-order valence-corrected chi connectivity index (χ3v) is 2.99. The van der Waals surface area contributed by atoms with Crippen molar-refractivity contribution in [2.24, 2.45) is 0 Å². The predicted octanol–water partition coefficient (Wildman–Crippen LogP) is 3.07. The molecule has 1 heterocycles. The fourth-order valence-electron chi connectivity index (χ4n) is 2.14. The molecule has 1 aliphatic heterocycles. The molecule has 1 N–H and O–H groups in total. The normalized spacial score (nSPS) is 17.8. The summed E-state index contributed by atoms with van der Waals surface area (Å²) in [6, 6.07) is 11.5. The SMILES string of the molecule is O=C(Cl)C1Nc2cccc3cccc1c23. The molecule has 1 atom stereocenters. The van der Waals surface area contributed by atoms with E-state index in [0.717, 1.165) is 22.0 Å². The van der Waals surface area contributed by atoms with Crippen LogP contribution in [0, 0.1) is 0 Å². The highest BCUT2D eigenvalue weighted by atomic mass is 35.5. The molecule has 0 saturated carbocycles. The molecule has 2 nitrogen and oxygen atoms in total. The first-order chi connectivity index (χ1) is 7.27. The highest BCUT2D eigenvalue weighted by molar-refractivity contribution is 6.65. The van der Waals surface area contributed by atoms with E-state index in [9.17, 15) is 4.79 Å². The molecule has 0 saturated heterocycles. The Morgan fingerprint density at radius 3 is 2.67 bits per heavy atom. The Morgan fingerprint density at radius 1 is 1.20 bits per heavy atom. The lowest BCUT2D eigenvalue weighted by Gasteiger charge is -2.06. The molecule has 0 fully saturated rings. The number of carbonyl (C=O) groups excluding carboxylic acids is 1. The molecule has 74 valence electrons. The topological polar surface area (TPSA) is 29.1 Å². The van der Waals surface area contributed by atoms with Crippen molar-refractivity contribution in [3.8, 4) is 0 Å². The molecule has 2 aromatic rings. The largest absolute Gasteiger partial charge is 0.370 e. The third-order valence-electron chi connectivity index (χ3n) is 2.77. The molecule has 2 aromatic carbocycles. The molecule has 0 aromatic heterocycles. The summed E-state index contributed by atoms with van der Waals surface area (Å²) in [4.78, 5) is 11.3. The molecule has 15 heavy (non-hydrogen) atoms. The highest BCUT2D eigenvalue weighted by Crippen LogP contribution is 2.39. The molecule has 1 unspecified atom stereocenters. The Hall–Kier alpha value is -1.54. The van der Waals surface area contributed by atoms with Gasteiger partial charge in [0.25, 0.3) is 0 Å². The third kappa shape index (κ3) is 1.15. The van der Waals surface area contributed by atoms with E-state index in [1.165, 1.54) is 0 Å². The van der Waals surface area contributed by atoms with Crippen LogP contribution in [0.5, 0.6) is 0 Å². The Kier molecular flexibility index (Phi) is 1.73. The van der Waals surface area contributed by atoms with Crippen molar-refractivity contribution in [3.05, 3.63) is 42.0 Å². The van der Waals surface area contributed by atoms with Gasteiger partial charge in [-0.3, -0.25) is 4.79 Å². The van der Waals surface area contributed by atoms with Crippen LogP contribution in [0.2, 0.25) is 0 Å². The minimum Gasteiger partial charge on any atom is -0.370 e. The number of hydrogen-bond acceptors (Lipinski definition) is 2. The lowest BCUT2D eigenvalue weighted by molar-refractivity contribution is -0.112. The summed E-state index contributed by atoms with van der Waals surface area (Å²) in [5, 5.41) is 5.01. The summed E-state index contributed by atoms with van der Waals surface area (Å²) in [5.74, 6) is 0. The maximum absolute atomic E-state index is 11.3. The van der Waals surface area contributed by atoms with Crippen molar-refractivity contribution in [1.82, 2.24) is 0 Å². The van der Waals surface area contributed by atoms with Crippen LogP contribution in [-0.2, 0) is 4.79 Å². The average Bonchev–Trinajstić information content (AvgIpc) is 2.61. The summed E-state index contributed by atoms with van der Waals surface area (Å²) >= 11 is 5.56. The van der Waals surface area contributed by atoms with Crippen molar-refractivity contribution < 1.29 is 4.79 Å². The molecule has 0 radical (unpaired) electrons. The van der Waals surface area contributed by atoms with Gasteiger partial charge in [0.05, 0.1) is 0 Å². The molecular formula is C12H8ClNO. The fourth-order valence-corrected chi connectivity index (χ4v) is 2.32. The van der Waals surface area contributed by atoms with Crippen LogP contribution < -0.4 is 5.32 Å². The monoisotopic (exact) mass is 217 g/mol. The Morgan fingerprint density at radius 2 is 1.93 bits per heavy atom. The first-order valence-electron chi connectivity index (χ1n) is 4.75. The van der Waals surface area contributed by atoms with Gasteiger partial charge in [0, 0.05) is 11.1 Å². The molecule has 3 heteroatoms. The minimum atomic E-state index is -0.396. The predicted molar refractivity (Wildman–Crippen MR) is 61.2 cm³/mol. The number of rotatable bonds is 1. The van der Waals surface area contributed by atoms with Gasteiger partial charge in [-0.2, -0.15) is 0 Å². The van der Waals surface area contributed by atoms with Crippen LogP contribution in [0.1, 0.15) is 11.6 Å². The second-order valence-electron chi connectivity index (χ2n) is 3.63. The van der Waals surface area contributed by atoms with Crippen molar-refractivity contribution in [2.45, 2.75) is 6.04 Å². The van der Waals surface area contributed by atoms with Gasteiger partial charge in [-0.05, 0) is 28.6 Å². The van der Waals surface area contributed by atoms with Gasteiger partial charge in [0.2, 0.25) is 5.24 Å². The van der Waals surface area contributed by atoms with E-state index in [0.29, 0.717) is 0 Å². The van der Waals surface area contributed by atoms with Crippen molar-refractivity contribution in [3.63, 3.8) is 0 Å². The zero-order valence-electron chi connectivity index (χ0n) is 7.83. The molecule has 0 spiro atoms. The van der Waals surface area contributed by atoms with E-state index in [-0.39, 0.29) is 5.24 Å². The number of anilines is 1. The van der Waals surface area contributed by atoms with Crippen molar-refractivity contribution in [2.75, 3.05) is 5.32 Å². The Labute approximate surface area is 91.9 Å². The highest BCUT2D eigenvalue weighted by Gasteiger charge is 2.27. The summed E-state index contributed by atoms with van der Waals surface area (Å²) in [6.07, 6.45) is 0. The van der Waals surface area contributed by atoms with Crippen LogP contribution in [-0.4, -0.2) is 5.24 Å². The standard InChI is InChI=1S/C12H8ClNO/c13-12(15)11-8-5-1-3-7-4-2-6-9(14-11)10(7)8/h1-6,11,14H. The van der Waals surface area contributed by atoms with E-state index in [1.807, 2.05) is 36.4 Å². The van der Waals surface area contributed by atoms with E-state index in [4.69, 9.17) is 11.6 Å². The zero-order valence-corrected chi connectivity index (χ0v) is 8.58. The average molecular weight is 218 g/mol. The van der Waals surface area contributed by atoms with Gasteiger partial charge in [-0.15, -0.1) is 0 Å². The minimum absolute atomic E-state index is 0.362. The number of nitrogens with one attached hydrogen (secondary N) is 1. The Balaban J connectivity index is 2.36. The summed E-state index contributed by atoms with van der Waals surface area (Å²) in [7, 11) is 0. The first-order valence-corrected chi connectivity index (χ1v) is 5.13. The second-order valence-corrected chi connectivity index (χ2v) is 4.00. The van der Waals surface area contributed by atoms with Crippen molar-refractivity contribution in [1.29, 1.82) is 0 Å². The van der Waals surface area contributed by atoms with Gasteiger partial charge in [-0.25, -0.2) is 0 Å². The Bertz CT molecular complexity index is 559. The van der Waals surface area contributed by atoms with Crippen molar-refractivity contribution >= 4 is 33.3 Å². The van der Waals surface area contributed by atoms with E-state index in [1.54, 1.807) is 0 Å². The maximum atomic E-state index is 11.3. The maximum Gasteiger partial charge on any atom is 0.248 e. The van der Waals surface area contributed by atoms with E-state index >= 15 is 0 Å². The number of halogens is 1. The molecule has 1 aliphatic rings. The molecule has 0 bridgehead atoms. The summed E-state index contributed by atoms with van der Waals surface area (Å²) < 4.78 is 0. The number of benzene rings is 2.